The highest BCUT2D eigenvalue weighted by atomic mass is 32.2. The predicted molar refractivity (Wildman–Crippen MR) is 101 cm³/mol. The molecule has 0 bridgehead atoms. The van der Waals surface area contributed by atoms with Gasteiger partial charge in [0.15, 0.2) is 14.6 Å². The van der Waals surface area contributed by atoms with Gasteiger partial charge in [-0.1, -0.05) is 29.5 Å². The van der Waals surface area contributed by atoms with Gasteiger partial charge >= 0.3 is 5.97 Å². The molecule has 0 radical (unpaired) electrons. The Morgan fingerprint density at radius 1 is 1.15 bits per heavy atom. The molecule has 0 saturated heterocycles. The van der Waals surface area contributed by atoms with Crippen molar-refractivity contribution >= 4 is 43.3 Å². The molecule has 9 heteroatoms. The number of hydrogen-bond acceptors (Lipinski definition) is 6. The number of benzene rings is 2. The number of nitrogens with zero attached hydrogens (tertiary/aromatic N) is 2. The zero-order valence-electron chi connectivity index (χ0n) is 14.6. The maximum absolute atomic E-state index is 12.6. The molecule has 0 unspecified atom stereocenters. The van der Waals surface area contributed by atoms with Crippen molar-refractivity contribution in [3.8, 4) is 0 Å². The summed E-state index contributed by atoms with van der Waals surface area (Å²) in [6.07, 6.45) is 1.07. The van der Waals surface area contributed by atoms with Gasteiger partial charge in [0, 0.05) is 11.8 Å². The molecule has 1 amide bonds. The lowest BCUT2D eigenvalue weighted by molar-refractivity contribution is -0.141. The fourth-order valence-electron chi connectivity index (χ4n) is 2.46. The Hall–Kier alpha value is -2.78. The summed E-state index contributed by atoms with van der Waals surface area (Å²) < 4.78 is 30.6. The first kappa shape index (κ1) is 19.0. The average Bonchev–Trinajstić information content (AvgIpc) is 2.98. The van der Waals surface area contributed by atoms with E-state index in [0.29, 0.717) is 4.80 Å². The minimum absolute atomic E-state index is 0.0438. The van der Waals surface area contributed by atoms with Gasteiger partial charge in [0.1, 0.15) is 6.54 Å². The lowest BCUT2D eigenvalue weighted by Crippen LogP contribution is -2.22. The minimum atomic E-state index is -3.44. The van der Waals surface area contributed by atoms with Gasteiger partial charge in [0.2, 0.25) is 0 Å². The summed E-state index contributed by atoms with van der Waals surface area (Å²) >= 11 is 1.26. The maximum Gasteiger partial charge on any atom is 0.325 e. The molecular weight excluding hydrogens is 388 g/mol. The highest BCUT2D eigenvalue weighted by Gasteiger charge is 2.14. The van der Waals surface area contributed by atoms with E-state index in [-0.39, 0.29) is 17.0 Å². The molecule has 0 N–H and O–H groups in total. The number of carbonyl (C=O) groups excluding carboxylic acids is 2. The van der Waals surface area contributed by atoms with Crippen LogP contribution in [0.4, 0.5) is 0 Å². The Kier molecular flexibility index (Phi) is 5.24. The fourth-order valence-corrected chi connectivity index (χ4v) is 4.16. The van der Waals surface area contributed by atoms with Crippen LogP contribution in [0.1, 0.15) is 10.4 Å². The van der Waals surface area contributed by atoms with Crippen LogP contribution in [0.3, 0.4) is 0 Å². The number of esters is 1. The molecule has 0 aliphatic rings. The Labute approximate surface area is 159 Å². The summed E-state index contributed by atoms with van der Waals surface area (Å²) in [5, 5.41) is 0. The number of sulfone groups is 1. The number of carbonyl (C=O) groups is 2. The third-order valence-electron chi connectivity index (χ3n) is 3.81. The summed E-state index contributed by atoms with van der Waals surface area (Å²) in [5.74, 6) is -1.06. The Morgan fingerprint density at radius 3 is 2.59 bits per heavy atom. The van der Waals surface area contributed by atoms with Crippen molar-refractivity contribution in [1.82, 2.24) is 4.57 Å². The van der Waals surface area contributed by atoms with Crippen LogP contribution >= 0.6 is 11.3 Å². The van der Waals surface area contributed by atoms with Crippen molar-refractivity contribution in [2.24, 2.45) is 4.99 Å². The molecule has 0 fully saturated rings. The summed E-state index contributed by atoms with van der Waals surface area (Å²) in [4.78, 5) is 28.8. The summed E-state index contributed by atoms with van der Waals surface area (Å²) in [5.41, 5.74) is 0.907. The normalized spacial score (nSPS) is 12.3. The first-order chi connectivity index (χ1) is 12.8. The van der Waals surface area contributed by atoms with Gasteiger partial charge in [-0.15, -0.1) is 0 Å². The lowest BCUT2D eigenvalue weighted by Gasteiger charge is -2.03. The molecule has 2 aromatic carbocycles. The molecule has 0 aliphatic heterocycles. The van der Waals surface area contributed by atoms with Crippen molar-refractivity contribution in [2.75, 3.05) is 13.4 Å². The maximum atomic E-state index is 12.6. The largest absolute Gasteiger partial charge is 0.468 e. The van der Waals surface area contributed by atoms with Gasteiger partial charge in [0.25, 0.3) is 5.91 Å². The summed E-state index contributed by atoms with van der Waals surface area (Å²) in [6.45, 7) is -0.0873. The molecule has 0 aliphatic carbocycles. The number of rotatable bonds is 4. The van der Waals surface area contributed by atoms with E-state index in [1.807, 2.05) is 24.3 Å². The highest BCUT2D eigenvalue weighted by molar-refractivity contribution is 7.90. The fraction of sp³-hybridized carbons (Fsp3) is 0.167. The third-order valence-corrected chi connectivity index (χ3v) is 5.98. The van der Waals surface area contributed by atoms with Crippen molar-refractivity contribution in [3.05, 3.63) is 58.9 Å². The highest BCUT2D eigenvalue weighted by Crippen LogP contribution is 2.17. The van der Waals surface area contributed by atoms with Gasteiger partial charge < -0.3 is 9.30 Å². The Balaban J connectivity index is 2.11. The number of aromatic nitrogens is 1. The van der Waals surface area contributed by atoms with Crippen molar-refractivity contribution < 1.29 is 22.7 Å². The average molecular weight is 404 g/mol. The first-order valence-corrected chi connectivity index (χ1v) is 10.5. The quantitative estimate of drug-likeness (QED) is 0.620. The topological polar surface area (TPSA) is 94.8 Å². The van der Waals surface area contributed by atoms with Crippen LogP contribution in [-0.4, -0.2) is 38.2 Å². The second-order valence-electron chi connectivity index (χ2n) is 5.73. The van der Waals surface area contributed by atoms with E-state index in [4.69, 9.17) is 4.74 Å². The number of ether oxygens (including phenoxy) is 1. The molecule has 0 spiro atoms. The third kappa shape index (κ3) is 4.15. The van der Waals surface area contributed by atoms with E-state index in [9.17, 15) is 18.0 Å². The minimum Gasteiger partial charge on any atom is -0.468 e. The van der Waals surface area contributed by atoms with E-state index in [1.54, 1.807) is 4.57 Å². The molecule has 27 heavy (non-hydrogen) atoms. The molecule has 140 valence electrons. The van der Waals surface area contributed by atoms with Crippen LogP contribution in [-0.2, 0) is 25.9 Å². The summed E-state index contributed by atoms with van der Waals surface area (Å²) in [7, 11) is -2.15. The van der Waals surface area contributed by atoms with E-state index in [1.165, 1.54) is 42.7 Å². The number of amides is 1. The van der Waals surface area contributed by atoms with Gasteiger partial charge in [-0.05, 0) is 30.3 Å². The van der Waals surface area contributed by atoms with Crippen LogP contribution in [0.5, 0.6) is 0 Å². The standard InChI is InChI=1S/C18H16N2O5S2/c1-25-16(21)11-20-14-8-3-4-9-15(14)26-18(20)19-17(22)12-6-5-7-13(10-12)27(2,23)24/h3-10H,11H2,1-2H3. The van der Waals surface area contributed by atoms with Crippen molar-refractivity contribution in [3.63, 3.8) is 0 Å². The monoisotopic (exact) mass is 404 g/mol. The number of thiazole rings is 1. The second-order valence-corrected chi connectivity index (χ2v) is 8.76. The van der Waals surface area contributed by atoms with Crippen LogP contribution in [0.25, 0.3) is 10.2 Å². The first-order valence-electron chi connectivity index (χ1n) is 7.84. The Bertz CT molecular complexity index is 1210. The Morgan fingerprint density at radius 2 is 1.89 bits per heavy atom. The molecule has 0 saturated carbocycles. The number of hydrogen-bond donors (Lipinski definition) is 0. The van der Waals surface area contributed by atoms with E-state index >= 15 is 0 Å². The van der Waals surface area contributed by atoms with Gasteiger partial charge in [-0.3, -0.25) is 9.59 Å². The van der Waals surface area contributed by atoms with E-state index in [2.05, 4.69) is 4.99 Å². The summed E-state index contributed by atoms with van der Waals surface area (Å²) in [6, 6.07) is 13.1. The zero-order chi connectivity index (χ0) is 19.6. The van der Waals surface area contributed by atoms with Crippen molar-refractivity contribution in [1.29, 1.82) is 0 Å². The molecule has 1 heterocycles. The number of methoxy groups -OCH3 is 1. The molecule has 1 aromatic heterocycles. The van der Waals surface area contributed by atoms with Crippen LogP contribution in [0.15, 0.2) is 58.4 Å². The van der Waals surface area contributed by atoms with Gasteiger partial charge in [0.05, 0.1) is 22.2 Å². The molecular formula is C18H16N2O5S2. The number of para-hydroxylation sites is 1. The lowest BCUT2D eigenvalue weighted by atomic mass is 10.2. The molecule has 3 aromatic rings. The molecule has 3 rings (SSSR count). The smallest absolute Gasteiger partial charge is 0.325 e. The predicted octanol–water partition coefficient (Wildman–Crippen LogP) is 2.02. The molecule has 0 atom stereocenters. The second kappa shape index (κ2) is 7.45. The molecule has 7 nitrogen and oxygen atoms in total. The SMILES string of the molecule is COC(=O)Cn1c(=NC(=O)c2cccc(S(C)(=O)=O)c2)sc2ccccc21. The van der Waals surface area contributed by atoms with Gasteiger partial charge in [-0.25, -0.2) is 8.42 Å². The zero-order valence-corrected chi connectivity index (χ0v) is 16.2. The number of fused-ring (bicyclic) bond motifs is 1. The van der Waals surface area contributed by atoms with Crippen molar-refractivity contribution in [2.45, 2.75) is 11.4 Å². The van der Waals surface area contributed by atoms with Crippen LogP contribution in [0.2, 0.25) is 0 Å². The van der Waals surface area contributed by atoms with E-state index in [0.717, 1.165) is 16.5 Å². The van der Waals surface area contributed by atoms with E-state index < -0.39 is 21.7 Å². The van der Waals surface area contributed by atoms with Gasteiger partial charge in [-0.2, -0.15) is 4.99 Å². The van der Waals surface area contributed by atoms with Crippen LogP contribution < -0.4 is 4.80 Å². The van der Waals surface area contributed by atoms with Crippen LogP contribution in [0, 0.1) is 0 Å².